The summed E-state index contributed by atoms with van der Waals surface area (Å²) in [6.07, 6.45) is 1.62. The number of nitrogens with zero attached hydrogens (tertiary/aromatic N) is 1. The largest absolute Gasteiger partial charge is 0.486 e. The van der Waals surface area contributed by atoms with E-state index in [9.17, 15) is 0 Å². The van der Waals surface area contributed by atoms with Crippen molar-refractivity contribution in [2.75, 3.05) is 6.61 Å². The summed E-state index contributed by atoms with van der Waals surface area (Å²) in [5, 5.41) is 11.7. The molecule has 18 heavy (non-hydrogen) atoms. The highest BCUT2D eigenvalue weighted by molar-refractivity contribution is 7.09. The van der Waals surface area contributed by atoms with Crippen molar-refractivity contribution in [2.45, 2.75) is 26.4 Å². The molecule has 0 aliphatic heterocycles. The van der Waals surface area contributed by atoms with Crippen LogP contribution in [0.2, 0.25) is 0 Å². The van der Waals surface area contributed by atoms with E-state index in [2.05, 4.69) is 24.0 Å². The standard InChI is InChI=1S/C14H17NO2S/c1-2-11-4-3-5-13(8-11)17-9-14-15-12(6-7-16)10-18-14/h3-5,8,10,16H,2,6-7,9H2,1H3. The highest BCUT2D eigenvalue weighted by atomic mass is 32.1. The summed E-state index contributed by atoms with van der Waals surface area (Å²) < 4.78 is 5.71. The van der Waals surface area contributed by atoms with Gasteiger partial charge in [0.15, 0.2) is 0 Å². The van der Waals surface area contributed by atoms with Gasteiger partial charge in [-0.05, 0) is 24.1 Å². The Hall–Kier alpha value is -1.39. The molecule has 4 heteroatoms. The zero-order valence-corrected chi connectivity index (χ0v) is 11.2. The molecular weight excluding hydrogens is 246 g/mol. The molecule has 1 N–H and O–H groups in total. The predicted octanol–water partition coefficient (Wildman–Crippen LogP) is 2.82. The van der Waals surface area contributed by atoms with Gasteiger partial charge in [-0.25, -0.2) is 4.98 Å². The van der Waals surface area contributed by atoms with Crippen LogP contribution in [0.15, 0.2) is 29.6 Å². The highest BCUT2D eigenvalue weighted by Gasteiger charge is 2.03. The summed E-state index contributed by atoms with van der Waals surface area (Å²) >= 11 is 1.57. The third-order valence-electron chi connectivity index (χ3n) is 2.64. The molecule has 0 bridgehead atoms. The lowest BCUT2D eigenvalue weighted by Crippen LogP contribution is -1.97. The van der Waals surface area contributed by atoms with Gasteiger partial charge in [-0.3, -0.25) is 0 Å². The number of aromatic nitrogens is 1. The smallest absolute Gasteiger partial charge is 0.140 e. The number of aliphatic hydroxyl groups excluding tert-OH is 1. The van der Waals surface area contributed by atoms with Crippen LogP contribution in [0.5, 0.6) is 5.75 Å². The monoisotopic (exact) mass is 263 g/mol. The second-order valence-electron chi connectivity index (χ2n) is 4.00. The molecule has 3 nitrogen and oxygen atoms in total. The number of thiazole rings is 1. The summed E-state index contributed by atoms with van der Waals surface area (Å²) in [6, 6.07) is 8.12. The van der Waals surface area contributed by atoms with Gasteiger partial charge in [0.25, 0.3) is 0 Å². The molecule has 0 aliphatic rings. The second-order valence-corrected chi connectivity index (χ2v) is 4.94. The van der Waals surface area contributed by atoms with E-state index >= 15 is 0 Å². The summed E-state index contributed by atoms with van der Waals surface area (Å²) in [6.45, 7) is 2.76. The van der Waals surface area contributed by atoms with Crippen LogP contribution in [0.3, 0.4) is 0 Å². The lowest BCUT2D eigenvalue weighted by molar-refractivity contribution is 0.295. The molecule has 0 saturated heterocycles. The summed E-state index contributed by atoms with van der Waals surface area (Å²) in [4.78, 5) is 4.39. The van der Waals surface area contributed by atoms with E-state index in [4.69, 9.17) is 9.84 Å². The molecule has 1 aromatic heterocycles. The van der Waals surface area contributed by atoms with Gasteiger partial charge < -0.3 is 9.84 Å². The van der Waals surface area contributed by atoms with Gasteiger partial charge in [-0.2, -0.15) is 0 Å². The van der Waals surface area contributed by atoms with Crippen molar-refractivity contribution in [3.05, 3.63) is 45.9 Å². The van der Waals surface area contributed by atoms with Gasteiger partial charge in [-0.1, -0.05) is 19.1 Å². The fraction of sp³-hybridized carbons (Fsp3) is 0.357. The SMILES string of the molecule is CCc1cccc(OCc2nc(CCO)cs2)c1. The van der Waals surface area contributed by atoms with Crippen LogP contribution >= 0.6 is 11.3 Å². The van der Waals surface area contributed by atoms with Gasteiger partial charge >= 0.3 is 0 Å². The molecule has 0 aliphatic carbocycles. The van der Waals surface area contributed by atoms with E-state index < -0.39 is 0 Å². The lowest BCUT2D eigenvalue weighted by Gasteiger charge is -2.05. The molecule has 1 aromatic carbocycles. The van der Waals surface area contributed by atoms with Crippen LogP contribution in [0.25, 0.3) is 0 Å². The van der Waals surface area contributed by atoms with Gasteiger partial charge in [0.1, 0.15) is 17.4 Å². The van der Waals surface area contributed by atoms with Gasteiger partial charge in [0, 0.05) is 18.4 Å². The summed E-state index contributed by atoms with van der Waals surface area (Å²) in [5.74, 6) is 0.883. The van der Waals surface area contributed by atoms with Crippen LogP contribution < -0.4 is 4.74 Å². The zero-order chi connectivity index (χ0) is 12.8. The minimum absolute atomic E-state index is 0.141. The molecule has 2 aromatic rings. The number of aliphatic hydroxyl groups is 1. The van der Waals surface area contributed by atoms with Crippen LogP contribution in [-0.4, -0.2) is 16.7 Å². The molecule has 0 radical (unpaired) electrons. The molecule has 1 heterocycles. The number of hydrogen-bond donors (Lipinski definition) is 1. The number of aryl methyl sites for hydroxylation is 1. The Bertz CT molecular complexity index is 496. The average molecular weight is 263 g/mol. The number of rotatable bonds is 6. The van der Waals surface area contributed by atoms with E-state index in [-0.39, 0.29) is 6.61 Å². The lowest BCUT2D eigenvalue weighted by atomic mass is 10.2. The summed E-state index contributed by atoms with van der Waals surface area (Å²) in [7, 11) is 0. The van der Waals surface area contributed by atoms with Crippen LogP contribution in [0.4, 0.5) is 0 Å². The molecule has 0 fully saturated rings. The van der Waals surface area contributed by atoms with Crippen molar-refractivity contribution >= 4 is 11.3 Å². The Balaban J connectivity index is 1.93. The van der Waals surface area contributed by atoms with E-state index in [0.29, 0.717) is 13.0 Å². The minimum Gasteiger partial charge on any atom is -0.486 e. The van der Waals surface area contributed by atoms with Crippen molar-refractivity contribution in [3.63, 3.8) is 0 Å². The fourth-order valence-corrected chi connectivity index (χ4v) is 2.38. The molecule has 96 valence electrons. The topological polar surface area (TPSA) is 42.4 Å². The van der Waals surface area contributed by atoms with E-state index in [1.807, 2.05) is 17.5 Å². The van der Waals surface area contributed by atoms with Crippen molar-refractivity contribution < 1.29 is 9.84 Å². The predicted molar refractivity (Wildman–Crippen MR) is 73.1 cm³/mol. The third-order valence-corrected chi connectivity index (χ3v) is 3.51. The van der Waals surface area contributed by atoms with Gasteiger partial charge in [0.05, 0.1) is 5.69 Å². The van der Waals surface area contributed by atoms with Gasteiger partial charge in [-0.15, -0.1) is 11.3 Å². The normalized spacial score (nSPS) is 10.6. The van der Waals surface area contributed by atoms with Crippen LogP contribution in [0, 0.1) is 0 Å². The van der Waals surface area contributed by atoms with Gasteiger partial charge in [0.2, 0.25) is 0 Å². The first kappa shape index (κ1) is 13.1. The first-order valence-electron chi connectivity index (χ1n) is 6.07. The highest BCUT2D eigenvalue weighted by Crippen LogP contribution is 2.17. The number of hydrogen-bond acceptors (Lipinski definition) is 4. The molecule has 0 amide bonds. The quantitative estimate of drug-likeness (QED) is 0.871. The Morgan fingerprint density at radius 2 is 2.28 bits per heavy atom. The molecule has 0 saturated carbocycles. The molecule has 0 spiro atoms. The Morgan fingerprint density at radius 1 is 1.39 bits per heavy atom. The average Bonchev–Trinajstić information content (AvgIpc) is 2.85. The number of ether oxygens (including phenoxy) is 1. The summed E-state index contributed by atoms with van der Waals surface area (Å²) in [5.41, 5.74) is 2.20. The Morgan fingerprint density at radius 3 is 3.06 bits per heavy atom. The molecule has 0 atom stereocenters. The van der Waals surface area contributed by atoms with Crippen molar-refractivity contribution in [2.24, 2.45) is 0 Å². The van der Waals surface area contributed by atoms with Crippen molar-refractivity contribution in [3.8, 4) is 5.75 Å². The molecule has 2 rings (SSSR count). The maximum absolute atomic E-state index is 8.83. The number of benzene rings is 1. The second kappa shape index (κ2) is 6.52. The van der Waals surface area contributed by atoms with Crippen LogP contribution in [-0.2, 0) is 19.4 Å². The van der Waals surface area contributed by atoms with Crippen LogP contribution in [0.1, 0.15) is 23.2 Å². The molecular formula is C14H17NO2S. The Kier molecular flexibility index (Phi) is 4.73. The first-order valence-corrected chi connectivity index (χ1v) is 6.95. The van der Waals surface area contributed by atoms with E-state index in [1.165, 1.54) is 5.56 Å². The van der Waals surface area contributed by atoms with E-state index in [0.717, 1.165) is 22.9 Å². The molecule has 0 unspecified atom stereocenters. The maximum Gasteiger partial charge on any atom is 0.140 e. The van der Waals surface area contributed by atoms with Crippen molar-refractivity contribution in [1.29, 1.82) is 0 Å². The first-order chi connectivity index (χ1) is 8.81. The zero-order valence-electron chi connectivity index (χ0n) is 10.4. The fourth-order valence-electron chi connectivity index (χ4n) is 1.64. The maximum atomic E-state index is 8.83. The van der Waals surface area contributed by atoms with E-state index in [1.54, 1.807) is 11.3 Å². The minimum atomic E-state index is 0.141. The third kappa shape index (κ3) is 3.55. The Labute approximate surface area is 111 Å². The van der Waals surface area contributed by atoms with Crippen molar-refractivity contribution in [1.82, 2.24) is 4.98 Å².